The number of aliphatic carboxylic acids is 2. The van der Waals surface area contributed by atoms with Crippen LogP contribution in [0, 0.1) is 5.92 Å². The van der Waals surface area contributed by atoms with E-state index in [0.29, 0.717) is 6.54 Å². The number of carbonyl (C=O) groups is 2. The predicted octanol–water partition coefficient (Wildman–Crippen LogP) is 0.636. The first-order valence-corrected chi connectivity index (χ1v) is 5.03. The summed E-state index contributed by atoms with van der Waals surface area (Å²) in [7, 11) is 0. The Morgan fingerprint density at radius 1 is 1.50 bits per heavy atom. The molecule has 0 aromatic carbocycles. The molecule has 0 heterocycles. The molecule has 88 valence electrons. The topological polar surface area (TPSA) is 86.6 Å². The maximum atomic E-state index is 11.1. The van der Waals surface area contributed by atoms with Gasteiger partial charge in [0.25, 0.3) is 0 Å². The van der Waals surface area contributed by atoms with Crippen LogP contribution in [0.15, 0.2) is 23.8 Å². The molecule has 2 atom stereocenters. The predicted molar refractivity (Wildman–Crippen MR) is 58.1 cm³/mol. The van der Waals surface area contributed by atoms with Crippen LogP contribution in [0.4, 0.5) is 0 Å². The summed E-state index contributed by atoms with van der Waals surface area (Å²) in [6.07, 6.45) is 4.41. The fourth-order valence-corrected chi connectivity index (χ4v) is 1.99. The van der Waals surface area contributed by atoms with E-state index in [4.69, 9.17) is 10.2 Å². The summed E-state index contributed by atoms with van der Waals surface area (Å²) in [5, 5.41) is 21.1. The summed E-state index contributed by atoms with van der Waals surface area (Å²) < 4.78 is 0. The maximum Gasteiger partial charge on any atom is 0.333 e. The molecule has 5 heteroatoms. The van der Waals surface area contributed by atoms with E-state index in [-0.39, 0.29) is 5.57 Å². The van der Waals surface area contributed by atoms with E-state index >= 15 is 0 Å². The molecule has 5 nitrogen and oxygen atoms in total. The van der Waals surface area contributed by atoms with E-state index in [0.717, 1.165) is 0 Å². The van der Waals surface area contributed by atoms with Gasteiger partial charge in [-0.05, 0) is 13.5 Å². The lowest BCUT2D eigenvalue weighted by Crippen LogP contribution is -2.54. The lowest BCUT2D eigenvalue weighted by atomic mass is 9.76. The average Bonchev–Trinajstić information content (AvgIpc) is 2.16. The molecule has 16 heavy (non-hydrogen) atoms. The number of carboxylic acids is 2. The minimum Gasteiger partial charge on any atom is -0.481 e. The Labute approximate surface area is 93.5 Å². The first-order valence-electron chi connectivity index (χ1n) is 5.03. The van der Waals surface area contributed by atoms with E-state index in [1.54, 1.807) is 6.92 Å². The van der Waals surface area contributed by atoms with Gasteiger partial charge in [-0.15, -0.1) is 0 Å². The number of carboxylic acid groups (broad SMARTS) is 2. The van der Waals surface area contributed by atoms with Crippen molar-refractivity contribution in [2.45, 2.75) is 19.4 Å². The van der Waals surface area contributed by atoms with Gasteiger partial charge in [0.1, 0.15) is 0 Å². The molecule has 0 amide bonds. The Balaban J connectivity index is 3.19. The van der Waals surface area contributed by atoms with Gasteiger partial charge in [0.15, 0.2) is 0 Å². The van der Waals surface area contributed by atoms with Crippen molar-refractivity contribution in [3.63, 3.8) is 0 Å². The van der Waals surface area contributed by atoms with Crippen LogP contribution in [0.2, 0.25) is 0 Å². The molecule has 1 aliphatic rings. The number of rotatable bonds is 4. The summed E-state index contributed by atoms with van der Waals surface area (Å²) in [6, 6.07) is 0. The Kier molecular flexibility index (Phi) is 3.49. The molecule has 2 unspecified atom stereocenters. The van der Waals surface area contributed by atoms with E-state index in [9.17, 15) is 9.59 Å². The standard InChI is InChI=1S/C11H15NO4/c1-3-12-11(2)7(9(13)14)5-4-6-8(11)10(15)16/h4-7,12H,3H2,1-2H3,(H,13,14)(H,15,16). The van der Waals surface area contributed by atoms with Gasteiger partial charge in [-0.1, -0.05) is 25.2 Å². The van der Waals surface area contributed by atoms with Gasteiger partial charge in [-0.25, -0.2) is 4.79 Å². The van der Waals surface area contributed by atoms with Crippen LogP contribution < -0.4 is 5.32 Å². The highest BCUT2D eigenvalue weighted by molar-refractivity contribution is 5.92. The van der Waals surface area contributed by atoms with E-state index < -0.39 is 23.4 Å². The zero-order valence-corrected chi connectivity index (χ0v) is 9.23. The normalized spacial score (nSPS) is 28.6. The molecule has 0 aromatic heterocycles. The van der Waals surface area contributed by atoms with Crippen LogP contribution in [-0.4, -0.2) is 34.2 Å². The van der Waals surface area contributed by atoms with Crippen LogP contribution in [0.1, 0.15) is 13.8 Å². The van der Waals surface area contributed by atoms with Crippen molar-refractivity contribution in [1.82, 2.24) is 5.32 Å². The summed E-state index contributed by atoms with van der Waals surface area (Å²) >= 11 is 0. The molecule has 0 saturated heterocycles. The first kappa shape index (κ1) is 12.4. The minimum atomic E-state index is -1.10. The van der Waals surface area contributed by atoms with Crippen LogP contribution in [0.3, 0.4) is 0 Å². The number of likely N-dealkylation sites (N-methyl/N-ethyl adjacent to an activating group) is 1. The molecular formula is C11H15NO4. The Hall–Kier alpha value is -1.62. The van der Waals surface area contributed by atoms with Gasteiger partial charge in [0.2, 0.25) is 0 Å². The van der Waals surface area contributed by atoms with E-state index in [2.05, 4.69) is 5.32 Å². The summed E-state index contributed by atoms with van der Waals surface area (Å²) in [6.45, 7) is 3.90. The first-order chi connectivity index (χ1) is 7.43. The summed E-state index contributed by atoms with van der Waals surface area (Å²) in [5.41, 5.74) is -0.995. The van der Waals surface area contributed by atoms with Crippen LogP contribution >= 0.6 is 0 Å². The third-order valence-electron chi connectivity index (χ3n) is 2.79. The van der Waals surface area contributed by atoms with E-state index in [1.165, 1.54) is 18.2 Å². The molecule has 0 spiro atoms. The van der Waals surface area contributed by atoms with Crippen molar-refractivity contribution >= 4 is 11.9 Å². The number of nitrogens with one attached hydrogen (secondary N) is 1. The molecule has 3 N–H and O–H groups in total. The van der Waals surface area contributed by atoms with Crippen LogP contribution in [-0.2, 0) is 9.59 Å². The third-order valence-corrected chi connectivity index (χ3v) is 2.79. The van der Waals surface area contributed by atoms with Gasteiger partial charge in [-0.3, -0.25) is 4.79 Å². The molecule has 0 aliphatic heterocycles. The van der Waals surface area contributed by atoms with Crippen molar-refractivity contribution in [1.29, 1.82) is 0 Å². The second-order valence-corrected chi connectivity index (χ2v) is 3.82. The number of hydrogen-bond donors (Lipinski definition) is 3. The Morgan fingerprint density at radius 2 is 2.12 bits per heavy atom. The average molecular weight is 225 g/mol. The van der Waals surface area contributed by atoms with Gasteiger partial charge in [0, 0.05) is 0 Å². The van der Waals surface area contributed by atoms with Gasteiger partial charge >= 0.3 is 11.9 Å². The van der Waals surface area contributed by atoms with Gasteiger partial charge < -0.3 is 15.5 Å². The van der Waals surface area contributed by atoms with Crippen LogP contribution in [0.5, 0.6) is 0 Å². The second kappa shape index (κ2) is 4.49. The zero-order valence-electron chi connectivity index (χ0n) is 9.23. The Morgan fingerprint density at radius 3 is 2.56 bits per heavy atom. The maximum absolute atomic E-state index is 11.1. The molecule has 0 aromatic rings. The molecule has 0 fully saturated rings. The number of allylic oxidation sites excluding steroid dienone is 2. The monoisotopic (exact) mass is 225 g/mol. The zero-order chi connectivity index (χ0) is 12.3. The molecule has 1 rings (SSSR count). The second-order valence-electron chi connectivity index (χ2n) is 3.82. The third kappa shape index (κ3) is 1.99. The lowest BCUT2D eigenvalue weighted by molar-refractivity contribution is -0.142. The molecule has 0 bridgehead atoms. The van der Waals surface area contributed by atoms with Crippen molar-refractivity contribution in [3.05, 3.63) is 23.8 Å². The van der Waals surface area contributed by atoms with Crippen molar-refractivity contribution in [3.8, 4) is 0 Å². The Bertz CT molecular complexity index is 372. The largest absolute Gasteiger partial charge is 0.481 e. The highest BCUT2D eigenvalue weighted by Gasteiger charge is 2.44. The molecule has 0 saturated carbocycles. The van der Waals surface area contributed by atoms with Crippen LogP contribution in [0.25, 0.3) is 0 Å². The van der Waals surface area contributed by atoms with Gasteiger partial charge in [-0.2, -0.15) is 0 Å². The smallest absolute Gasteiger partial charge is 0.333 e. The van der Waals surface area contributed by atoms with Crippen molar-refractivity contribution < 1.29 is 19.8 Å². The minimum absolute atomic E-state index is 0.0734. The summed E-state index contributed by atoms with van der Waals surface area (Å²) in [5.74, 6) is -3.01. The fraction of sp³-hybridized carbons (Fsp3) is 0.455. The van der Waals surface area contributed by atoms with Crippen molar-refractivity contribution in [2.75, 3.05) is 6.54 Å². The summed E-state index contributed by atoms with van der Waals surface area (Å²) in [4.78, 5) is 22.2. The fourth-order valence-electron chi connectivity index (χ4n) is 1.99. The van der Waals surface area contributed by atoms with Gasteiger partial charge in [0.05, 0.1) is 17.0 Å². The molecule has 1 aliphatic carbocycles. The quantitative estimate of drug-likeness (QED) is 0.653. The van der Waals surface area contributed by atoms with E-state index in [1.807, 2.05) is 6.92 Å². The highest BCUT2D eigenvalue weighted by Crippen LogP contribution is 2.31. The SMILES string of the molecule is CCNC1(C)C(C(=O)O)=CC=CC1C(=O)O. The number of hydrogen-bond acceptors (Lipinski definition) is 3. The molecular weight excluding hydrogens is 210 g/mol. The molecule has 0 radical (unpaired) electrons. The lowest BCUT2D eigenvalue weighted by Gasteiger charge is -2.36. The van der Waals surface area contributed by atoms with Crippen molar-refractivity contribution in [2.24, 2.45) is 5.92 Å². The highest BCUT2D eigenvalue weighted by atomic mass is 16.4.